The van der Waals surface area contributed by atoms with Gasteiger partial charge in [-0.25, -0.2) is 8.78 Å². The summed E-state index contributed by atoms with van der Waals surface area (Å²) in [4.78, 5) is 14.2. The van der Waals surface area contributed by atoms with E-state index in [4.69, 9.17) is 16.3 Å². The lowest BCUT2D eigenvalue weighted by molar-refractivity contribution is -0.0445. The Kier molecular flexibility index (Phi) is 3.65. The summed E-state index contributed by atoms with van der Waals surface area (Å²) in [6.45, 7) is 0.920. The quantitative estimate of drug-likeness (QED) is 0.746. The zero-order chi connectivity index (χ0) is 14.3. The van der Waals surface area contributed by atoms with Crippen molar-refractivity contribution in [1.29, 1.82) is 0 Å². The largest absolute Gasteiger partial charge is 0.374 e. The summed E-state index contributed by atoms with van der Waals surface area (Å²) in [6, 6.07) is 1.73. The maximum atomic E-state index is 13.3. The number of benzene rings is 1. The molecule has 0 unspecified atom stereocenters. The number of halogens is 3. The van der Waals surface area contributed by atoms with Crippen LogP contribution in [-0.4, -0.2) is 36.1 Å². The molecule has 1 saturated carbocycles. The van der Waals surface area contributed by atoms with E-state index in [9.17, 15) is 13.6 Å². The van der Waals surface area contributed by atoms with E-state index in [1.54, 1.807) is 4.90 Å². The van der Waals surface area contributed by atoms with Crippen LogP contribution in [-0.2, 0) is 4.74 Å². The predicted molar refractivity (Wildman–Crippen MR) is 69.8 cm³/mol. The molecule has 1 aromatic carbocycles. The van der Waals surface area contributed by atoms with Gasteiger partial charge in [0.2, 0.25) is 0 Å². The fraction of sp³-hybridized carbons (Fsp3) is 0.500. The van der Waals surface area contributed by atoms with Gasteiger partial charge in [0.15, 0.2) is 11.6 Å². The Morgan fingerprint density at radius 3 is 2.85 bits per heavy atom. The number of fused-ring (bicyclic) bond motifs is 1. The third-order valence-corrected chi connectivity index (χ3v) is 4.30. The standard InChI is InChI=1S/C14H14ClF2NO2/c15-9-7-11(17)10(16)6-8(9)14(19)18-4-5-20-13-3-1-2-12(13)18/h6-7,12-13H,1-5H2/t12-,13+/m0/s1. The van der Waals surface area contributed by atoms with Crippen molar-refractivity contribution in [2.45, 2.75) is 31.4 Å². The van der Waals surface area contributed by atoms with Crippen LogP contribution in [0.1, 0.15) is 29.6 Å². The molecule has 1 saturated heterocycles. The minimum Gasteiger partial charge on any atom is -0.374 e. The Bertz CT molecular complexity index is 552. The topological polar surface area (TPSA) is 29.5 Å². The molecule has 0 bridgehead atoms. The van der Waals surface area contributed by atoms with Gasteiger partial charge in [-0.15, -0.1) is 0 Å². The Morgan fingerprint density at radius 1 is 1.30 bits per heavy atom. The zero-order valence-electron chi connectivity index (χ0n) is 10.7. The molecule has 2 atom stereocenters. The van der Waals surface area contributed by atoms with Gasteiger partial charge in [-0.2, -0.15) is 0 Å². The number of amides is 1. The number of carbonyl (C=O) groups is 1. The normalized spacial score (nSPS) is 25.6. The number of hydrogen-bond donors (Lipinski definition) is 0. The fourth-order valence-corrected chi connectivity index (χ4v) is 3.25. The predicted octanol–water partition coefficient (Wildman–Crippen LogP) is 3.01. The van der Waals surface area contributed by atoms with Crippen LogP contribution in [0.4, 0.5) is 8.78 Å². The van der Waals surface area contributed by atoms with E-state index < -0.39 is 11.6 Å². The maximum Gasteiger partial charge on any atom is 0.255 e. The van der Waals surface area contributed by atoms with Gasteiger partial charge in [0.05, 0.1) is 29.3 Å². The molecule has 1 heterocycles. The molecule has 3 rings (SSSR count). The van der Waals surface area contributed by atoms with Crippen LogP contribution in [0.25, 0.3) is 0 Å². The lowest BCUT2D eigenvalue weighted by Gasteiger charge is -2.37. The van der Waals surface area contributed by atoms with E-state index in [1.165, 1.54) is 0 Å². The van der Waals surface area contributed by atoms with Crippen LogP contribution in [0.2, 0.25) is 5.02 Å². The number of nitrogens with zero attached hydrogens (tertiary/aromatic N) is 1. The molecule has 3 nitrogen and oxygen atoms in total. The van der Waals surface area contributed by atoms with Crippen molar-refractivity contribution in [3.8, 4) is 0 Å². The molecule has 0 aromatic heterocycles. The smallest absolute Gasteiger partial charge is 0.255 e. The van der Waals surface area contributed by atoms with Gasteiger partial charge in [0, 0.05) is 6.54 Å². The molecule has 0 radical (unpaired) electrons. The lowest BCUT2D eigenvalue weighted by atomic mass is 10.1. The van der Waals surface area contributed by atoms with Crippen LogP contribution in [0.3, 0.4) is 0 Å². The zero-order valence-corrected chi connectivity index (χ0v) is 11.5. The summed E-state index contributed by atoms with van der Waals surface area (Å²) in [5, 5.41) is -0.0602. The maximum absolute atomic E-state index is 13.3. The molecule has 2 fully saturated rings. The molecular weight excluding hydrogens is 288 g/mol. The highest BCUT2D eigenvalue weighted by Crippen LogP contribution is 2.32. The van der Waals surface area contributed by atoms with Gasteiger partial charge in [-0.1, -0.05) is 11.6 Å². The van der Waals surface area contributed by atoms with Crippen LogP contribution < -0.4 is 0 Å². The molecule has 6 heteroatoms. The summed E-state index contributed by atoms with van der Waals surface area (Å²) in [7, 11) is 0. The summed E-state index contributed by atoms with van der Waals surface area (Å²) in [5.41, 5.74) is 0.0121. The molecular formula is C14H14ClF2NO2. The van der Waals surface area contributed by atoms with Gasteiger partial charge in [0.25, 0.3) is 5.91 Å². The summed E-state index contributed by atoms with van der Waals surface area (Å²) in [5.74, 6) is -2.46. The van der Waals surface area contributed by atoms with Crippen LogP contribution in [0, 0.1) is 11.6 Å². The summed E-state index contributed by atoms with van der Waals surface area (Å²) >= 11 is 5.87. The molecule has 1 aliphatic heterocycles. The molecule has 20 heavy (non-hydrogen) atoms. The van der Waals surface area contributed by atoms with Crippen molar-refractivity contribution in [3.05, 3.63) is 34.4 Å². The van der Waals surface area contributed by atoms with E-state index in [0.29, 0.717) is 13.2 Å². The first-order valence-electron chi connectivity index (χ1n) is 6.65. The molecule has 108 valence electrons. The van der Waals surface area contributed by atoms with Crippen LogP contribution >= 0.6 is 11.6 Å². The first kappa shape index (κ1) is 13.8. The second-order valence-corrected chi connectivity index (χ2v) is 5.56. The minimum absolute atomic E-state index is 0.0121. The third kappa shape index (κ3) is 2.29. The average molecular weight is 302 g/mol. The molecule has 2 aliphatic rings. The van der Waals surface area contributed by atoms with E-state index in [2.05, 4.69) is 0 Å². The molecule has 0 N–H and O–H groups in total. The van der Waals surface area contributed by atoms with E-state index >= 15 is 0 Å². The highest BCUT2D eigenvalue weighted by molar-refractivity contribution is 6.33. The molecule has 1 aliphatic carbocycles. The first-order valence-corrected chi connectivity index (χ1v) is 7.03. The van der Waals surface area contributed by atoms with Crippen molar-refractivity contribution in [1.82, 2.24) is 4.90 Å². The van der Waals surface area contributed by atoms with Gasteiger partial charge >= 0.3 is 0 Å². The Morgan fingerprint density at radius 2 is 2.05 bits per heavy atom. The lowest BCUT2D eigenvalue weighted by Crippen LogP contribution is -2.51. The van der Waals surface area contributed by atoms with E-state index in [0.717, 1.165) is 31.4 Å². The number of ether oxygens (including phenoxy) is 1. The highest BCUT2D eigenvalue weighted by Gasteiger charge is 2.39. The van der Waals surface area contributed by atoms with Gasteiger partial charge in [-0.3, -0.25) is 4.79 Å². The van der Waals surface area contributed by atoms with Crippen molar-refractivity contribution in [3.63, 3.8) is 0 Å². The highest BCUT2D eigenvalue weighted by atomic mass is 35.5. The van der Waals surface area contributed by atoms with Crippen molar-refractivity contribution in [2.75, 3.05) is 13.2 Å². The molecule has 1 amide bonds. The van der Waals surface area contributed by atoms with E-state index in [1.807, 2.05) is 0 Å². The number of morpholine rings is 1. The van der Waals surface area contributed by atoms with Crippen molar-refractivity contribution in [2.24, 2.45) is 0 Å². The Labute approximate surface area is 120 Å². The SMILES string of the molecule is O=C(c1cc(F)c(F)cc1Cl)N1CCO[C@@H]2CCC[C@@H]21. The number of rotatable bonds is 1. The third-order valence-electron chi connectivity index (χ3n) is 3.98. The van der Waals surface area contributed by atoms with Gasteiger partial charge in [0.1, 0.15) is 0 Å². The first-order chi connectivity index (χ1) is 9.58. The average Bonchev–Trinajstić information content (AvgIpc) is 2.90. The summed E-state index contributed by atoms with van der Waals surface area (Å²) < 4.78 is 32.0. The van der Waals surface area contributed by atoms with Crippen molar-refractivity contribution < 1.29 is 18.3 Å². The fourth-order valence-electron chi connectivity index (χ4n) is 3.02. The van der Waals surface area contributed by atoms with Crippen LogP contribution in [0.15, 0.2) is 12.1 Å². The Hall–Kier alpha value is -1.20. The number of hydrogen-bond acceptors (Lipinski definition) is 2. The Balaban J connectivity index is 1.90. The van der Waals surface area contributed by atoms with Crippen LogP contribution in [0.5, 0.6) is 0 Å². The monoisotopic (exact) mass is 301 g/mol. The second-order valence-electron chi connectivity index (χ2n) is 5.15. The second kappa shape index (κ2) is 5.30. The van der Waals surface area contributed by atoms with Gasteiger partial charge in [-0.05, 0) is 31.4 Å². The van der Waals surface area contributed by atoms with Crippen molar-refractivity contribution >= 4 is 17.5 Å². The summed E-state index contributed by atoms with van der Waals surface area (Å²) in [6.07, 6.45) is 2.86. The number of carbonyl (C=O) groups excluding carboxylic acids is 1. The van der Waals surface area contributed by atoms with Gasteiger partial charge < -0.3 is 9.64 Å². The molecule has 0 spiro atoms. The molecule has 1 aromatic rings. The minimum atomic E-state index is -1.06. The van der Waals surface area contributed by atoms with E-state index in [-0.39, 0.29) is 28.6 Å².